The van der Waals surface area contributed by atoms with Crippen molar-refractivity contribution in [1.82, 2.24) is 14.5 Å². The molecular weight excluding hydrogens is 397 g/mol. The van der Waals surface area contributed by atoms with Crippen molar-refractivity contribution in [3.8, 4) is 11.1 Å². The van der Waals surface area contributed by atoms with Crippen molar-refractivity contribution in [3.63, 3.8) is 0 Å². The molecule has 0 saturated carbocycles. The predicted molar refractivity (Wildman–Crippen MR) is 111 cm³/mol. The molecule has 2 aromatic heterocycles. The Kier molecular flexibility index (Phi) is 5.50. The third kappa shape index (κ3) is 3.71. The molecule has 4 rings (SSSR count). The number of piperidine rings is 1. The van der Waals surface area contributed by atoms with Crippen LogP contribution in [0.4, 0.5) is 4.39 Å². The van der Waals surface area contributed by atoms with Crippen molar-refractivity contribution in [2.75, 3.05) is 18.8 Å². The van der Waals surface area contributed by atoms with E-state index in [1.165, 1.54) is 46.2 Å². The zero-order chi connectivity index (χ0) is 19.7. The number of fused-ring (bicyclic) bond motifs is 1. The van der Waals surface area contributed by atoms with Gasteiger partial charge in [0.15, 0.2) is 5.16 Å². The topological polar surface area (TPSA) is 55.2 Å². The summed E-state index contributed by atoms with van der Waals surface area (Å²) < 4.78 is 14.7. The van der Waals surface area contributed by atoms with Gasteiger partial charge in [-0.2, -0.15) is 0 Å². The van der Waals surface area contributed by atoms with Crippen molar-refractivity contribution in [2.45, 2.75) is 24.4 Å². The van der Waals surface area contributed by atoms with Crippen LogP contribution in [0.2, 0.25) is 0 Å². The maximum atomic E-state index is 13.2. The average molecular weight is 418 g/mol. The van der Waals surface area contributed by atoms with E-state index in [-0.39, 0.29) is 23.0 Å². The fraction of sp³-hybridized carbons (Fsp3) is 0.350. The largest absolute Gasteiger partial charge is 0.342 e. The van der Waals surface area contributed by atoms with E-state index in [4.69, 9.17) is 0 Å². The summed E-state index contributed by atoms with van der Waals surface area (Å²) in [7, 11) is 1.68. The molecule has 3 aromatic rings. The number of halogens is 1. The molecule has 5 nitrogen and oxygen atoms in total. The first-order valence-electron chi connectivity index (χ1n) is 9.19. The van der Waals surface area contributed by atoms with E-state index in [1.54, 1.807) is 19.2 Å². The molecule has 28 heavy (non-hydrogen) atoms. The zero-order valence-corrected chi connectivity index (χ0v) is 17.1. The number of hydrogen-bond acceptors (Lipinski definition) is 5. The standard InChI is InChI=1S/C20H20FN3O2S2/c1-23-19(26)17-15(13-5-7-14(21)8-6-13)11-27-18(17)22-20(23)28-12-16(25)24-9-3-2-4-10-24/h5-8,11H,2-4,9-10,12H2,1H3. The molecule has 0 aliphatic carbocycles. The number of thioether (sulfide) groups is 1. The van der Waals surface area contributed by atoms with Crippen molar-refractivity contribution >= 4 is 39.2 Å². The van der Waals surface area contributed by atoms with Gasteiger partial charge >= 0.3 is 0 Å². The van der Waals surface area contributed by atoms with E-state index < -0.39 is 0 Å². The summed E-state index contributed by atoms with van der Waals surface area (Å²) in [6.45, 7) is 1.63. The lowest BCUT2D eigenvalue weighted by molar-refractivity contribution is -0.129. The predicted octanol–water partition coefficient (Wildman–Crippen LogP) is 3.91. The van der Waals surface area contributed by atoms with Crippen LogP contribution in [0.3, 0.4) is 0 Å². The molecule has 1 aromatic carbocycles. The highest BCUT2D eigenvalue weighted by atomic mass is 32.2. The summed E-state index contributed by atoms with van der Waals surface area (Å²) in [4.78, 5) is 32.5. The van der Waals surface area contributed by atoms with Crippen LogP contribution in [0.15, 0.2) is 39.6 Å². The van der Waals surface area contributed by atoms with Gasteiger partial charge in [0.1, 0.15) is 10.6 Å². The third-order valence-electron chi connectivity index (χ3n) is 4.96. The Morgan fingerprint density at radius 3 is 2.64 bits per heavy atom. The number of carbonyl (C=O) groups is 1. The first-order chi connectivity index (χ1) is 13.5. The first-order valence-corrected chi connectivity index (χ1v) is 11.1. The molecule has 0 radical (unpaired) electrons. The Balaban J connectivity index is 1.61. The first kappa shape index (κ1) is 19.1. The van der Waals surface area contributed by atoms with E-state index in [0.717, 1.165) is 37.1 Å². The summed E-state index contributed by atoms with van der Waals surface area (Å²) in [5.41, 5.74) is 1.39. The fourth-order valence-electron chi connectivity index (χ4n) is 3.38. The van der Waals surface area contributed by atoms with Crippen LogP contribution in [0.25, 0.3) is 21.3 Å². The number of likely N-dealkylation sites (tertiary alicyclic amines) is 1. The van der Waals surface area contributed by atoms with Crippen LogP contribution in [0.5, 0.6) is 0 Å². The van der Waals surface area contributed by atoms with Crippen LogP contribution in [-0.4, -0.2) is 39.2 Å². The molecule has 0 N–H and O–H groups in total. The average Bonchev–Trinajstić information content (AvgIpc) is 3.14. The number of rotatable bonds is 4. The van der Waals surface area contributed by atoms with E-state index in [2.05, 4.69) is 4.98 Å². The Labute approximate surface area is 170 Å². The van der Waals surface area contributed by atoms with Crippen molar-refractivity contribution in [2.24, 2.45) is 7.05 Å². The van der Waals surface area contributed by atoms with Gasteiger partial charge in [0.25, 0.3) is 5.56 Å². The number of hydrogen-bond donors (Lipinski definition) is 0. The second kappa shape index (κ2) is 8.05. The Bertz CT molecular complexity index is 1070. The van der Waals surface area contributed by atoms with E-state index >= 15 is 0 Å². The van der Waals surface area contributed by atoms with E-state index in [9.17, 15) is 14.0 Å². The SMILES string of the molecule is Cn1c(SCC(=O)N2CCCCC2)nc2scc(-c3ccc(F)cc3)c2c1=O. The van der Waals surface area contributed by atoms with Crippen LogP contribution in [0, 0.1) is 5.82 Å². The van der Waals surface area contributed by atoms with Crippen LogP contribution < -0.4 is 5.56 Å². The monoisotopic (exact) mass is 417 g/mol. The Hall–Kier alpha value is -2.19. The molecule has 0 unspecified atom stereocenters. The zero-order valence-electron chi connectivity index (χ0n) is 15.5. The number of carbonyl (C=O) groups excluding carboxylic acids is 1. The molecule has 1 saturated heterocycles. The molecule has 146 valence electrons. The minimum Gasteiger partial charge on any atom is -0.342 e. The maximum Gasteiger partial charge on any atom is 0.263 e. The quantitative estimate of drug-likeness (QED) is 0.477. The van der Waals surface area contributed by atoms with Gasteiger partial charge in [-0.25, -0.2) is 9.37 Å². The van der Waals surface area contributed by atoms with Crippen molar-refractivity contribution in [3.05, 3.63) is 45.8 Å². The van der Waals surface area contributed by atoms with Gasteiger partial charge in [0.05, 0.1) is 11.1 Å². The number of aromatic nitrogens is 2. The normalized spacial score (nSPS) is 14.6. The minimum atomic E-state index is -0.314. The summed E-state index contributed by atoms with van der Waals surface area (Å²) in [6.07, 6.45) is 3.29. The molecular formula is C20H20FN3O2S2. The lowest BCUT2D eigenvalue weighted by atomic mass is 10.1. The van der Waals surface area contributed by atoms with Gasteiger partial charge < -0.3 is 4.90 Å². The number of thiophene rings is 1. The Morgan fingerprint density at radius 1 is 1.21 bits per heavy atom. The summed E-state index contributed by atoms with van der Waals surface area (Å²) in [5.74, 6) is 0.0609. The van der Waals surface area contributed by atoms with Gasteiger partial charge in [0.2, 0.25) is 5.91 Å². The molecule has 0 spiro atoms. The molecule has 1 amide bonds. The number of nitrogens with zero attached hydrogens (tertiary/aromatic N) is 3. The minimum absolute atomic E-state index is 0.0947. The maximum absolute atomic E-state index is 13.2. The van der Waals surface area contributed by atoms with Gasteiger partial charge in [-0.15, -0.1) is 11.3 Å². The Morgan fingerprint density at radius 2 is 1.93 bits per heavy atom. The lowest BCUT2D eigenvalue weighted by Gasteiger charge is -2.26. The number of benzene rings is 1. The van der Waals surface area contributed by atoms with Crippen LogP contribution in [-0.2, 0) is 11.8 Å². The fourth-order valence-corrected chi connectivity index (χ4v) is 5.25. The van der Waals surface area contributed by atoms with Gasteiger partial charge in [-0.1, -0.05) is 23.9 Å². The van der Waals surface area contributed by atoms with Gasteiger partial charge in [-0.05, 0) is 37.0 Å². The third-order valence-corrected chi connectivity index (χ3v) is 6.85. The highest BCUT2D eigenvalue weighted by Gasteiger charge is 2.19. The highest BCUT2D eigenvalue weighted by Crippen LogP contribution is 2.32. The molecule has 1 fully saturated rings. The second-order valence-electron chi connectivity index (χ2n) is 6.83. The van der Waals surface area contributed by atoms with Crippen LogP contribution in [0.1, 0.15) is 19.3 Å². The lowest BCUT2D eigenvalue weighted by Crippen LogP contribution is -2.36. The summed E-state index contributed by atoms with van der Waals surface area (Å²) in [6, 6.07) is 6.09. The summed E-state index contributed by atoms with van der Waals surface area (Å²) in [5, 5.41) is 2.95. The molecule has 8 heteroatoms. The van der Waals surface area contributed by atoms with Crippen molar-refractivity contribution < 1.29 is 9.18 Å². The molecule has 3 heterocycles. The molecule has 0 bridgehead atoms. The van der Waals surface area contributed by atoms with Crippen LogP contribution >= 0.6 is 23.1 Å². The molecule has 0 atom stereocenters. The van der Waals surface area contributed by atoms with Gasteiger partial charge in [-0.3, -0.25) is 14.2 Å². The summed E-state index contributed by atoms with van der Waals surface area (Å²) >= 11 is 2.69. The molecule has 1 aliphatic rings. The number of amides is 1. The molecule has 1 aliphatic heterocycles. The van der Waals surface area contributed by atoms with E-state index in [1.807, 2.05) is 10.3 Å². The highest BCUT2D eigenvalue weighted by molar-refractivity contribution is 7.99. The smallest absolute Gasteiger partial charge is 0.263 e. The second-order valence-corrected chi connectivity index (χ2v) is 8.63. The van der Waals surface area contributed by atoms with Gasteiger partial charge in [0, 0.05) is 31.1 Å². The van der Waals surface area contributed by atoms with E-state index in [0.29, 0.717) is 15.4 Å². The van der Waals surface area contributed by atoms with Crippen molar-refractivity contribution in [1.29, 1.82) is 0 Å².